The van der Waals surface area contributed by atoms with Crippen molar-refractivity contribution in [2.24, 2.45) is 4.99 Å². The van der Waals surface area contributed by atoms with Crippen molar-refractivity contribution >= 4 is 17.6 Å². The predicted molar refractivity (Wildman–Crippen MR) is 128 cm³/mol. The Morgan fingerprint density at radius 3 is 2.34 bits per heavy atom. The highest BCUT2D eigenvalue weighted by Crippen LogP contribution is 2.27. The number of guanidine groups is 1. The van der Waals surface area contributed by atoms with Crippen molar-refractivity contribution in [2.45, 2.75) is 6.42 Å². The first-order chi connectivity index (χ1) is 15.6. The summed E-state index contributed by atoms with van der Waals surface area (Å²) < 4.78 is 10.6. The Hall–Kier alpha value is -3.42. The molecule has 3 rings (SSSR count). The molecular weight excluding hydrogens is 406 g/mol. The minimum Gasteiger partial charge on any atom is -0.493 e. The highest BCUT2D eigenvalue weighted by Gasteiger charge is 2.21. The second kappa shape index (κ2) is 11.8. The molecule has 1 saturated heterocycles. The van der Waals surface area contributed by atoms with Gasteiger partial charge in [-0.2, -0.15) is 0 Å². The zero-order valence-corrected chi connectivity index (χ0v) is 19.1. The summed E-state index contributed by atoms with van der Waals surface area (Å²) >= 11 is 0. The highest BCUT2D eigenvalue weighted by atomic mass is 16.5. The van der Waals surface area contributed by atoms with Crippen LogP contribution in [-0.4, -0.2) is 77.3 Å². The fourth-order valence-corrected chi connectivity index (χ4v) is 3.71. The Kier molecular flexibility index (Phi) is 8.60. The molecule has 8 nitrogen and oxygen atoms in total. The van der Waals surface area contributed by atoms with Crippen LogP contribution in [0.15, 0.2) is 53.5 Å². The SMILES string of the molecule is CN=C(NCCc1ccc(OC)c(OC)c1)NCC(=O)N1CCN(c2ccccc2)CC1. The molecule has 1 aliphatic heterocycles. The topological polar surface area (TPSA) is 78.4 Å². The number of nitrogens with zero attached hydrogens (tertiary/aromatic N) is 3. The summed E-state index contributed by atoms with van der Waals surface area (Å²) in [6.45, 7) is 4.03. The molecule has 0 bridgehead atoms. The summed E-state index contributed by atoms with van der Waals surface area (Å²) in [5.41, 5.74) is 2.33. The lowest BCUT2D eigenvalue weighted by Gasteiger charge is -2.36. The van der Waals surface area contributed by atoms with Crippen LogP contribution in [-0.2, 0) is 11.2 Å². The first-order valence-electron chi connectivity index (χ1n) is 10.9. The summed E-state index contributed by atoms with van der Waals surface area (Å²) in [4.78, 5) is 21.1. The van der Waals surface area contributed by atoms with E-state index >= 15 is 0 Å². The number of para-hydroxylation sites is 1. The number of amides is 1. The van der Waals surface area contributed by atoms with Gasteiger partial charge in [-0.15, -0.1) is 0 Å². The number of anilines is 1. The molecule has 1 amide bonds. The molecule has 0 saturated carbocycles. The number of rotatable bonds is 8. The van der Waals surface area contributed by atoms with Gasteiger partial charge in [0.25, 0.3) is 0 Å². The molecule has 1 aliphatic rings. The minimum absolute atomic E-state index is 0.0838. The summed E-state index contributed by atoms with van der Waals surface area (Å²) in [6, 6.07) is 16.2. The van der Waals surface area contributed by atoms with Gasteiger partial charge < -0.3 is 29.9 Å². The van der Waals surface area contributed by atoms with Gasteiger partial charge in [-0.05, 0) is 36.2 Å². The molecule has 1 fully saturated rings. The molecular formula is C24H33N5O3. The van der Waals surface area contributed by atoms with E-state index in [-0.39, 0.29) is 12.5 Å². The monoisotopic (exact) mass is 439 g/mol. The van der Waals surface area contributed by atoms with E-state index in [0.29, 0.717) is 24.0 Å². The van der Waals surface area contributed by atoms with Gasteiger partial charge in [0, 0.05) is 45.5 Å². The predicted octanol–water partition coefficient (Wildman–Crippen LogP) is 1.76. The number of hydrogen-bond donors (Lipinski definition) is 2. The van der Waals surface area contributed by atoms with Gasteiger partial charge >= 0.3 is 0 Å². The Balaban J connectivity index is 1.39. The summed E-state index contributed by atoms with van der Waals surface area (Å²) in [6.07, 6.45) is 0.788. The van der Waals surface area contributed by atoms with Gasteiger partial charge in [0.15, 0.2) is 17.5 Å². The molecule has 0 aliphatic carbocycles. The van der Waals surface area contributed by atoms with Gasteiger partial charge in [0.2, 0.25) is 5.91 Å². The van der Waals surface area contributed by atoms with Crippen molar-refractivity contribution in [1.29, 1.82) is 0 Å². The van der Waals surface area contributed by atoms with E-state index in [0.717, 1.165) is 38.2 Å². The maximum Gasteiger partial charge on any atom is 0.242 e. The van der Waals surface area contributed by atoms with Crippen molar-refractivity contribution in [3.63, 3.8) is 0 Å². The Labute approximate surface area is 190 Å². The van der Waals surface area contributed by atoms with Crippen LogP contribution < -0.4 is 25.0 Å². The minimum atomic E-state index is 0.0838. The maximum atomic E-state index is 12.6. The van der Waals surface area contributed by atoms with E-state index in [1.54, 1.807) is 21.3 Å². The van der Waals surface area contributed by atoms with Crippen LogP contribution in [0.4, 0.5) is 5.69 Å². The van der Waals surface area contributed by atoms with Crippen LogP contribution in [0.3, 0.4) is 0 Å². The van der Waals surface area contributed by atoms with Crippen LogP contribution in [0.5, 0.6) is 11.5 Å². The quantitative estimate of drug-likeness (QED) is 0.482. The third-order valence-corrected chi connectivity index (χ3v) is 5.54. The number of ether oxygens (including phenoxy) is 2. The summed E-state index contributed by atoms with van der Waals surface area (Å²) in [5, 5.41) is 6.38. The van der Waals surface area contributed by atoms with Crippen molar-refractivity contribution < 1.29 is 14.3 Å². The number of nitrogens with one attached hydrogen (secondary N) is 2. The molecule has 0 unspecified atom stereocenters. The molecule has 0 atom stereocenters. The van der Waals surface area contributed by atoms with E-state index in [2.05, 4.69) is 32.7 Å². The van der Waals surface area contributed by atoms with Gasteiger partial charge in [0.05, 0.1) is 20.8 Å². The van der Waals surface area contributed by atoms with Crippen molar-refractivity contribution in [2.75, 3.05) is 65.4 Å². The smallest absolute Gasteiger partial charge is 0.242 e. The number of carbonyl (C=O) groups excluding carboxylic acids is 1. The molecule has 1 heterocycles. The van der Waals surface area contributed by atoms with Gasteiger partial charge in [-0.3, -0.25) is 9.79 Å². The largest absolute Gasteiger partial charge is 0.493 e. The molecule has 2 N–H and O–H groups in total. The molecule has 2 aromatic carbocycles. The molecule has 2 aromatic rings. The first kappa shape index (κ1) is 23.2. The summed E-state index contributed by atoms with van der Waals surface area (Å²) in [5.74, 6) is 2.12. The lowest BCUT2D eigenvalue weighted by molar-refractivity contribution is -0.130. The maximum absolute atomic E-state index is 12.6. The lowest BCUT2D eigenvalue weighted by atomic mass is 10.1. The van der Waals surface area contributed by atoms with E-state index < -0.39 is 0 Å². The molecule has 32 heavy (non-hydrogen) atoms. The third kappa shape index (κ3) is 6.29. The molecule has 8 heteroatoms. The fourth-order valence-electron chi connectivity index (χ4n) is 3.71. The van der Waals surface area contributed by atoms with E-state index in [1.807, 2.05) is 41.3 Å². The molecule has 0 radical (unpaired) electrons. The zero-order chi connectivity index (χ0) is 22.8. The number of carbonyl (C=O) groups is 1. The normalized spacial score (nSPS) is 14.2. The fraction of sp³-hybridized carbons (Fsp3) is 0.417. The number of hydrogen-bond acceptors (Lipinski definition) is 5. The number of aliphatic imine (C=N–C) groups is 1. The van der Waals surface area contributed by atoms with Crippen molar-refractivity contribution in [3.8, 4) is 11.5 Å². The van der Waals surface area contributed by atoms with Crippen LogP contribution >= 0.6 is 0 Å². The first-order valence-corrected chi connectivity index (χ1v) is 10.9. The Bertz CT molecular complexity index is 896. The van der Waals surface area contributed by atoms with Crippen LogP contribution in [0.25, 0.3) is 0 Å². The Morgan fingerprint density at radius 2 is 1.69 bits per heavy atom. The standard InChI is InChI=1S/C24H33N5O3/c1-25-24(26-12-11-19-9-10-21(31-2)22(17-19)32-3)27-18-23(30)29-15-13-28(14-16-29)20-7-5-4-6-8-20/h4-10,17H,11-16,18H2,1-3H3,(H2,25,26,27). The number of benzene rings is 2. The van der Waals surface area contributed by atoms with Crippen LogP contribution in [0, 0.1) is 0 Å². The van der Waals surface area contributed by atoms with Gasteiger partial charge in [-0.25, -0.2) is 0 Å². The number of methoxy groups -OCH3 is 2. The van der Waals surface area contributed by atoms with E-state index in [4.69, 9.17) is 9.47 Å². The number of piperazine rings is 1. The lowest BCUT2D eigenvalue weighted by Crippen LogP contribution is -2.52. The van der Waals surface area contributed by atoms with E-state index in [1.165, 1.54) is 5.69 Å². The van der Waals surface area contributed by atoms with Crippen LogP contribution in [0.1, 0.15) is 5.56 Å². The van der Waals surface area contributed by atoms with Crippen LogP contribution in [0.2, 0.25) is 0 Å². The molecule has 172 valence electrons. The van der Waals surface area contributed by atoms with E-state index in [9.17, 15) is 4.79 Å². The summed E-state index contributed by atoms with van der Waals surface area (Å²) in [7, 11) is 4.96. The van der Waals surface area contributed by atoms with Gasteiger partial charge in [0.1, 0.15) is 0 Å². The average Bonchev–Trinajstić information content (AvgIpc) is 2.86. The highest BCUT2D eigenvalue weighted by molar-refractivity contribution is 5.86. The average molecular weight is 440 g/mol. The second-order valence-corrected chi connectivity index (χ2v) is 7.50. The van der Waals surface area contributed by atoms with Gasteiger partial charge in [-0.1, -0.05) is 24.3 Å². The Morgan fingerprint density at radius 1 is 0.969 bits per heavy atom. The second-order valence-electron chi connectivity index (χ2n) is 7.50. The molecule has 0 aromatic heterocycles. The third-order valence-electron chi connectivity index (χ3n) is 5.54. The van der Waals surface area contributed by atoms with Crippen molar-refractivity contribution in [3.05, 3.63) is 54.1 Å². The zero-order valence-electron chi connectivity index (χ0n) is 19.1. The van der Waals surface area contributed by atoms with Crippen molar-refractivity contribution in [1.82, 2.24) is 15.5 Å². The molecule has 0 spiro atoms.